The van der Waals surface area contributed by atoms with Gasteiger partial charge in [-0.15, -0.1) is 6.42 Å². The first-order valence-corrected chi connectivity index (χ1v) is 18.1. The number of pyridine rings is 1. The number of rotatable bonds is 8. The minimum atomic E-state index is -0.800. The molecule has 4 aromatic rings. The van der Waals surface area contributed by atoms with Gasteiger partial charge in [-0.1, -0.05) is 24.8 Å². The van der Waals surface area contributed by atoms with Crippen LogP contribution >= 0.6 is 0 Å². The first-order chi connectivity index (χ1) is 24.7. The van der Waals surface area contributed by atoms with Crippen LogP contribution in [0.4, 0.5) is 19.0 Å². The van der Waals surface area contributed by atoms with E-state index in [1.54, 1.807) is 0 Å². The number of methoxy groups -OCH3 is 1. The van der Waals surface area contributed by atoms with Crippen LogP contribution in [-0.4, -0.2) is 89.7 Å². The molecule has 5 heterocycles. The van der Waals surface area contributed by atoms with Crippen molar-refractivity contribution in [1.82, 2.24) is 25.2 Å². The molecule has 2 saturated carbocycles. The number of anilines is 1. The Morgan fingerprint density at radius 2 is 1.78 bits per heavy atom. The Morgan fingerprint density at radius 1 is 1.02 bits per heavy atom. The fraction of sp³-hybridized carbons (Fsp3) is 0.513. The lowest BCUT2D eigenvalue weighted by molar-refractivity contribution is 0.156. The highest BCUT2D eigenvalue weighted by Gasteiger charge is 2.52. The number of terminal acetylenes is 1. The summed E-state index contributed by atoms with van der Waals surface area (Å²) in [6.07, 6.45) is 13.0. The molecule has 2 N–H and O–H groups in total. The van der Waals surface area contributed by atoms with E-state index < -0.39 is 17.8 Å². The summed E-state index contributed by atoms with van der Waals surface area (Å²) < 4.78 is 59.6. The second kappa shape index (κ2) is 12.1. The van der Waals surface area contributed by atoms with Crippen molar-refractivity contribution >= 4 is 27.5 Å². The average Bonchev–Trinajstić information content (AvgIpc) is 3.39. The predicted octanol–water partition coefficient (Wildman–Crippen LogP) is 6.13. The number of likely N-dealkylation sites (tertiary alicyclic amines) is 1. The van der Waals surface area contributed by atoms with Crippen LogP contribution in [0.2, 0.25) is 0 Å². The van der Waals surface area contributed by atoms with E-state index in [0.29, 0.717) is 42.8 Å². The number of benzene rings is 2. The summed E-state index contributed by atoms with van der Waals surface area (Å²) in [6.45, 7) is 3.62. The summed E-state index contributed by atoms with van der Waals surface area (Å²) in [5.41, 5.74) is -0.583. The van der Waals surface area contributed by atoms with E-state index in [4.69, 9.17) is 20.9 Å². The quantitative estimate of drug-likeness (QED) is 0.211. The van der Waals surface area contributed by atoms with E-state index in [0.717, 1.165) is 64.5 Å². The van der Waals surface area contributed by atoms with E-state index in [1.165, 1.54) is 31.4 Å². The van der Waals surface area contributed by atoms with Gasteiger partial charge in [-0.05, 0) is 62.1 Å². The maximum atomic E-state index is 17.1. The van der Waals surface area contributed by atoms with E-state index in [9.17, 15) is 9.50 Å². The van der Waals surface area contributed by atoms with Crippen LogP contribution in [0.5, 0.6) is 17.6 Å². The second-order valence-electron chi connectivity index (χ2n) is 15.5. The number of phenols is 1. The summed E-state index contributed by atoms with van der Waals surface area (Å²) >= 11 is 0. The topological polar surface area (TPSA) is 95.9 Å². The van der Waals surface area contributed by atoms with Crippen LogP contribution in [0, 0.1) is 34.8 Å². The van der Waals surface area contributed by atoms with Gasteiger partial charge in [-0.3, -0.25) is 4.90 Å². The number of aromatic hydroxyl groups is 1. The number of ether oxygens (including phenoxy) is 2. The zero-order valence-corrected chi connectivity index (χ0v) is 28.7. The Kier molecular flexibility index (Phi) is 7.74. The van der Waals surface area contributed by atoms with E-state index in [1.807, 2.05) is 0 Å². The van der Waals surface area contributed by atoms with Crippen molar-refractivity contribution in [3.8, 4) is 41.2 Å². The molecule has 2 bridgehead atoms. The second-order valence-corrected chi connectivity index (χ2v) is 15.5. The number of aromatic nitrogens is 3. The van der Waals surface area contributed by atoms with E-state index >= 15 is 8.78 Å². The SMILES string of the molecule is C#Cc1c(F)ccc2cc(O)cc(-c3nc(OC)c4c(N5CC6CCC(C5)N6)nc(OCC5(CN6CC(F)C7(CCCC7)C6)CC5)nc4c3F)c12. The zero-order valence-electron chi connectivity index (χ0n) is 28.7. The van der Waals surface area contributed by atoms with Crippen LogP contribution < -0.4 is 19.7 Å². The molecule has 12 heteroatoms. The average molecular weight is 699 g/mol. The molecule has 3 atom stereocenters. The third-order valence-corrected chi connectivity index (χ3v) is 12.1. The third kappa shape index (κ3) is 5.51. The van der Waals surface area contributed by atoms with Crippen molar-refractivity contribution in [2.75, 3.05) is 51.3 Å². The molecule has 3 saturated heterocycles. The highest BCUT2D eigenvalue weighted by molar-refractivity contribution is 6.04. The minimum absolute atomic E-state index is 0.0286. The molecule has 0 radical (unpaired) electrons. The summed E-state index contributed by atoms with van der Waals surface area (Å²) in [4.78, 5) is 18.6. The molecule has 3 unspecified atom stereocenters. The molecule has 0 amide bonds. The fourth-order valence-corrected chi connectivity index (χ4v) is 9.36. The van der Waals surface area contributed by atoms with E-state index in [-0.39, 0.29) is 68.3 Å². The molecule has 266 valence electrons. The maximum absolute atomic E-state index is 17.1. The van der Waals surface area contributed by atoms with Gasteiger partial charge in [0.2, 0.25) is 5.88 Å². The summed E-state index contributed by atoms with van der Waals surface area (Å²) in [5, 5.41) is 15.3. The number of alkyl halides is 1. The normalized spacial score (nSPS) is 24.8. The number of nitrogens with zero attached hydrogens (tertiary/aromatic N) is 5. The van der Waals surface area contributed by atoms with Crippen molar-refractivity contribution in [2.24, 2.45) is 10.8 Å². The van der Waals surface area contributed by atoms with Gasteiger partial charge < -0.3 is 24.8 Å². The van der Waals surface area contributed by atoms with Gasteiger partial charge in [0.1, 0.15) is 40.2 Å². The molecule has 5 fully saturated rings. The van der Waals surface area contributed by atoms with Crippen LogP contribution in [0.15, 0.2) is 24.3 Å². The first-order valence-electron chi connectivity index (χ1n) is 18.1. The number of halogens is 3. The number of hydrogen-bond donors (Lipinski definition) is 2. The number of fused-ring (bicyclic) bond motifs is 4. The third-order valence-electron chi connectivity index (χ3n) is 12.1. The highest BCUT2D eigenvalue weighted by atomic mass is 19.1. The first kappa shape index (κ1) is 32.6. The van der Waals surface area contributed by atoms with E-state index in [2.05, 4.69) is 31.0 Å². The Hall–Kier alpha value is -4.34. The summed E-state index contributed by atoms with van der Waals surface area (Å²) in [7, 11) is 1.44. The molecule has 5 aliphatic rings. The fourth-order valence-electron chi connectivity index (χ4n) is 9.36. The van der Waals surface area contributed by atoms with Gasteiger partial charge in [0.15, 0.2) is 5.82 Å². The lowest BCUT2D eigenvalue weighted by Gasteiger charge is -2.34. The van der Waals surface area contributed by atoms with Crippen molar-refractivity contribution in [1.29, 1.82) is 0 Å². The van der Waals surface area contributed by atoms with Gasteiger partial charge in [0, 0.05) is 66.6 Å². The molecule has 2 aromatic heterocycles. The molecule has 2 aromatic carbocycles. The van der Waals surface area contributed by atoms with Gasteiger partial charge in [-0.25, -0.2) is 18.2 Å². The standard InChI is InChI=1S/C39H41F3N6O3/c1-3-26-28(40)9-6-22-14-25(49)15-27(30(22)26)33-32(42)34-31(36(44-33)50-2)35(48-16-23-7-8-24(17-48)43-23)46-37(45-34)51-21-38(12-13-38)19-47-18-29(41)39(20-47)10-4-5-11-39/h1,6,9,14-15,23-24,29,43,49H,4-5,7-8,10-13,16-21H2,2H3. The Morgan fingerprint density at radius 3 is 2.49 bits per heavy atom. The van der Waals surface area contributed by atoms with Gasteiger partial charge >= 0.3 is 6.01 Å². The number of nitrogens with one attached hydrogen (secondary N) is 1. The van der Waals surface area contributed by atoms with Crippen molar-refractivity contribution in [3.05, 3.63) is 41.5 Å². The van der Waals surface area contributed by atoms with Gasteiger partial charge in [0.25, 0.3) is 0 Å². The number of hydrogen-bond acceptors (Lipinski definition) is 9. The number of phenolic OH excluding ortho intramolecular Hbond substituents is 1. The van der Waals surface area contributed by atoms with Crippen LogP contribution in [0.3, 0.4) is 0 Å². The van der Waals surface area contributed by atoms with Crippen LogP contribution in [0.25, 0.3) is 32.9 Å². The lowest BCUT2D eigenvalue weighted by atomic mass is 9.84. The van der Waals surface area contributed by atoms with Gasteiger partial charge in [-0.2, -0.15) is 9.97 Å². The molecule has 9 nitrogen and oxygen atoms in total. The van der Waals surface area contributed by atoms with Gasteiger partial charge in [0.05, 0.1) is 19.3 Å². The molecule has 9 rings (SSSR count). The Bertz CT molecular complexity index is 2080. The zero-order chi connectivity index (χ0) is 35.1. The molecule has 1 spiro atoms. The molecular weight excluding hydrogens is 657 g/mol. The monoisotopic (exact) mass is 698 g/mol. The summed E-state index contributed by atoms with van der Waals surface area (Å²) in [5.74, 6) is 1.32. The van der Waals surface area contributed by atoms with Crippen molar-refractivity contribution in [2.45, 2.75) is 69.6 Å². The minimum Gasteiger partial charge on any atom is -0.508 e. The lowest BCUT2D eigenvalue weighted by Crippen LogP contribution is -2.51. The largest absolute Gasteiger partial charge is 0.508 e. The maximum Gasteiger partial charge on any atom is 0.319 e. The van der Waals surface area contributed by atoms with Crippen molar-refractivity contribution < 1.29 is 27.8 Å². The van der Waals surface area contributed by atoms with Crippen LogP contribution in [0.1, 0.15) is 56.9 Å². The summed E-state index contributed by atoms with van der Waals surface area (Å²) in [6, 6.07) is 6.00. The highest BCUT2D eigenvalue weighted by Crippen LogP contribution is 2.51. The molecule has 3 aliphatic heterocycles. The molecular formula is C39H41F3N6O3. The smallest absolute Gasteiger partial charge is 0.319 e. The molecule has 2 aliphatic carbocycles. The van der Waals surface area contributed by atoms with Crippen LogP contribution in [-0.2, 0) is 0 Å². The number of piperazine rings is 1. The molecule has 51 heavy (non-hydrogen) atoms. The Balaban J connectivity index is 1.13. The predicted molar refractivity (Wildman–Crippen MR) is 188 cm³/mol. The van der Waals surface area contributed by atoms with Crippen molar-refractivity contribution in [3.63, 3.8) is 0 Å². The Labute approximate surface area is 294 Å².